The summed E-state index contributed by atoms with van der Waals surface area (Å²) in [4.78, 5) is 16.4. The number of nitrogens with one attached hydrogen (secondary N) is 2. The second-order valence-electron chi connectivity index (χ2n) is 5.36. The Bertz CT molecular complexity index is 913. The largest absolute Gasteiger partial charge is 0.495 e. The summed E-state index contributed by atoms with van der Waals surface area (Å²) in [5, 5.41) is 7.08. The van der Waals surface area contributed by atoms with Crippen molar-refractivity contribution in [3.63, 3.8) is 0 Å². The third-order valence-electron chi connectivity index (χ3n) is 3.55. The third kappa shape index (κ3) is 4.45. The highest BCUT2D eigenvalue weighted by Gasteiger charge is 2.08. The van der Waals surface area contributed by atoms with Crippen LogP contribution in [0.1, 0.15) is 10.4 Å². The van der Waals surface area contributed by atoms with Gasteiger partial charge in [-0.1, -0.05) is 23.2 Å². The Hall–Kier alpha value is -2.76. The van der Waals surface area contributed by atoms with E-state index in [2.05, 4.69) is 15.6 Å². The van der Waals surface area contributed by atoms with Crippen molar-refractivity contribution in [1.82, 2.24) is 4.98 Å². The van der Waals surface area contributed by atoms with E-state index in [0.29, 0.717) is 27.2 Å². The normalized spacial score (nSPS) is 10.3. The van der Waals surface area contributed by atoms with Crippen molar-refractivity contribution in [2.75, 3.05) is 17.7 Å². The van der Waals surface area contributed by atoms with Crippen molar-refractivity contribution >= 4 is 46.3 Å². The van der Waals surface area contributed by atoms with Crippen molar-refractivity contribution in [3.8, 4) is 5.75 Å². The Balaban J connectivity index is 1.70. The summed E-state index contributed by atoms with van der Waals surface area (Å²) in [5.74, 6) is 0.842. The number of hydrogen-bond donors (Lipinski definition) is 2. The Morgan fingerprint density at radius 2 is 1.73 bits per heavy atom. The van der Waals surface area contributed by atoms with Crippen LogP contribution >= 0.6 is 23.2 Å². The molecule has 0 bridgehead atoms. The number of amides is 1. The summed E-state index contributed by atoms with van der Waals surface area (Å²) < 4.78 is 5.30. The lowest BCUT2D eigenvalue weighted by Gasteiger charge is -2.12. The van der Waals surface area contributed by atoms with Gasteiger partial charge in [0.2, 0.25) is 0 Å². The molecule has 0 saturated carbocycles. The number of methoxy groups -OCH3 is 1. The second-order valence-corrected chi connectivity index (χ2v) is 6.24. The van der Waals surface area contributed by atoms with Crippen LogP contribution in [0.5, 0.6) is 5.75 Å². The molecule has 0 spiro atoms. The van der Waals surface area contributed by atoms with Gasteiger partial charge in [-0.25, -0.2) is 4.98 Å². The van der Waals surface area contributed by atoms with E-state index in [0.717, 1.165) is 11.4 Å². The fraction of sp³-hybridized carbons (Fsp3) is 0.0526. The van der Waals surface area contributed by atoms with Crippen LogP contribution < -0.4 is 15.4 Å². The number of halogens is 2. The van der Waals surface area contributed by atoms with Gasteiger partial charge in [0.05, 0.1) is 24.7 Å². The highest BCUT2D eigenvalue weighted by molar-refractivity contribution is 6.31. The van der Waals surface area contributed by atoms with Gasteiger partial charge in [0.15, 0.2) is 0 Å². The number of carbonyl (C=O) groups excluding carboxylic acids is 1. The second kappa shape index (κ2) is 8.08. The van der Waals surface area contributed by atoms with Crippen LogP contribution in [-0.4, -0.2) is 18.0 Å². The molecule has 0 aliphatic carbocycles. The number of rotatable bonds is 5. The molecule has 3 rings (SSSR count). The minimum Gasteiger partial charge on any atom is -0.495 e. The van der Waals surface area contributed by atoms with Gasteiger partial charge in [0.25, 0.3) is 5.91 Å². The van der Waals surface area contributed by atoms with Gasteiger partial charge in [0, 0.05) is 15.6 Å². The molecule has 0 unspecified atom stereocenters. The summed E-state index contributed by atoms with van der Waals surface area (Å²) in [7, 11) is 1.59. The van der Waals surface area contributed by atoms with E-state index in [9.17, 15) is 4.79 Å². The molecule has 2 N–H and O–H groups in total. The first-order valence-corrected chi connectivity index (χ1v) is 8.44. The lowest BCUT2D eigenvalue weighted by molar-refractivity contribution is 0.102. The number of aromatic nitrogens is 1. The molecule has 1 aromatic heterocycles. The van der Waals surface area contributed by atoms with Crippen LogP contribution in [-0.2, 0) is 0 Å². The van der Waals surface area contributed by atoms with Gasteiger partial charge in [0.1, 0.15) is 11.6 Å². The van der Waals surface area contributed by atoms with E-state index in [1.165, 1.54) is 0 Å². The maximum Gasteiger partial charge on any atom is 0.256 e. The topological polar surface area (TPSA) is 63.2 Å². The average Bonchev–Trinajstić information content (AvgIpc) is 2.64. The number of nitrogens with zero attached hydrogens (tertiary/aromatic N) is 1. The van der Waals surface area contributed by atoms with Crippen molar-refractivity contribution in [2.45, 2.75) is 0 Å². The first-order valence-electron chi connectivity index (χ1n) is 7.69. The molecule has 1 amide bonds. The predicted octanol–water partition coefficient (Wildman–Crippen LogP) is 5.39. The Labute approximate surface area is 160 Å². The van der Waals surface area contributed by atoms with E-state index in [1.54, 1.807) is 67.9 Å². The van der Waals surface area contributed by atoms with Crippen LogP contribution in [0.15, 0.2) is 60.8 Å². The molecule has 0 aliphatic heterocycles. The molecule has 2 aromatic carbocycles. The fourth-order valence-electron chi connectivity index (χ4n) is 2.26. The summed E-state index contributed by atoms with van der Waals surface area (Å²) in [6.07, 6.45) is 1.61. The number of anilines is 3. The average molecular weight is 388 g/mol. The van der Waals surface area contributed by atoms with Crippen LogP contribution in [0.2, 0.25) is 10.0 Å². The van der Waals surface area contributed by atoms with Gasteiger partial charge in [-0.15, -0.1) is 0 Å². The van der Waals surface area contributed by atoms with E-state index in [4.69, 9.17) is 27.9 Å². The zero-order valence-corrected chi connectivity index (χ0v) is 15.3. The molecule has 5 nitrogen and oxygen atoms in total. The molecule has 1 heterocycles. The van der Waals surface area contributed by atoms with Crippen LogP contribution in [0.4, 0.5) is 17.2 Å². The molecule has 3 aromatic rings. The molecule has 0 atom stereocenters. The van der Waals surface area contributed by atoms with Gasteiger partial charge in [-0.05, 0) is 54.6 Å². The zero-order chi connectivity index (χ0) is 18.5. The molecule has 7 heteroatoms. The lowest BCUT2D eigenvalue weighted by atomic mass is 10.2. The summed E-state index contributed by atoms with van der Waals surface area (Å²) in [6, 6.07) is 15.4. The fourth-order valence-corrected chi connectivity index (χ4v) is 2.56. The minimum absolute atomic E-state index is 0.258. The molecule has 26 heavy (non-hydrogen) atoms. The zero-order valence-electron chi connectivity index (χ0n) is 13.8. The Kier molecular flexibility index (Phi) is 5.61. The first kappa shape index (κ1) is 18.0. The van der Waals surface area contributed by atoms with E-state index >= 15 is 0 Å². The van der Waals surface area contributed by atoms with Gasteiger partial charge in [-0.2, -0.15) is 0 Å². The van der Waals surface area contributed by atoms with Gasteiger partial charge >= 0.3 is 0 Å². The third-order valence-corrected chi connectivity index (χ3v) is 4.04. The van der Waals surface area contributed by atoms with Gasteiger partial charge < -0.3 is 15.4 Å². The number of carbonyl (C=O) groups is 1. The smallest absolute Gasteiger partial charge is 0.256 e. The predicted molar refractivity (Wildman–Crippen MR) is 105 cm³/mol. The van der Waals surface area contributed by atoms with Crippen LogP contribution in [0.3, 0.4) is 0 Å². The van der Waals surface area contributed by atoms with Gasteiger partial charge in [-0.3, -0.25) is 4.79 Å². The number of hydrogen-bond acceptors (Lipinski definition) is 4. The molecule has 132 valence electrons. The van der Waals surface area contributed by atoms with E-state index in [1.807, 2.05) is 0 Å². The lowest BCUT2D eigenvalue weighted by Crippen LogP contribution is -2.12. The summed E-state index contributed by atoms with van der Waals surface area (Å²) >= 11 is 11.8. The maximum absolute atomic E-state index is 12.2. The summed E-state index contributed by atoms with van der Waals surface area (Å²) in [5.41, 5.74) is 1.96. The first-order chi connectivity index (χ1) is 12.5. The molecular weight excluding hydrogens is 373 g/mol. The Morgan fingerprint density at radius 3 is 2.38 bits per heavy atom. The van der Waals surface area contributed by atoms with E-state index in [-0.39, 0.29) is 5.91 Å². The quantitative estimate of drug-likeness (QED) is 0.615. The number of pyridine rings is 1. The van der Waals surface area contributed by atoms with Crippen LogP contribution in [0, 0.1) is 0 Å². The highest BCUT2D eigenvalue weighted by Crippen LogP contribution is 2.30. The molecule has 0 saturated heterocycles. The molecular formula is C19H15Cl2N3O2. The standard InChI is InChI=1S/C19H15Cl2N3O2/c1-26-17-8-6-14(21)10-16(17)23-15-7-9-18(22-11-15)24-19(25)12-2-4-13(20)5-3-12/h2-11,23H,1H3,(H,22,24,25). The van der Waals surface area contributed by atoms with Crippen molar-refractivity contribution in [1.29, 1.82) is 0 Å². The minimum atomic E-state index is -0.258. The maximum atomic E-state index is 12.2. The Morgan fingerprint density at radius 1 is 1.00 bits per heavy atom. The molecule has 0 radical (unpaired) electrons. The highest BCUT2D eigenvalue weighted by atomic mass is 35.5. The molecule has 0 aliphatic rings. The number of ether oxygens (including phenoxy) is 1. The van der Waals surface area contributed by atoms with Crippen molar-refractivity contribution < 1.29 is 9.53 Å². The summed E-state index contributed by atoms with van der Waals surface area (Å²) in [6.45, 7) is 0. The van der Waals surface area contributed by atoms with Crippen molar-refractivity contribution in [3.05, 3.63) is 76.4 Å². The van der Waals surface area contributed by atoms with Crippen molar-refractivity contribution in [2.24, 2.45) is 0 Å². The monoisotopic (exact) mass is 387 g/mol. The SMILES string of the molecule is COc1ccc(Cl)cc1Nc1ccc(NC(=O)c2ccc(Cl)cc2)nc1. The molecule has 0 fully saturated rings. The van der Waals surface area contributed by atoms with E-state index < -0.39 is 0 Å². The van der Waals surface area contributed by atoms with Crippen LogP contribution in [0.25, 0.3) is 0 Å². The number of benzene rings is 2.